The quantitative estimate of drug-likeness (QED) is 0.695. The zero-order chi connectivity index (χ0) is 19.1. The third kappa shape index (κ3) is 3.57. The molecule has 1 heterocycles. The summed E-state index contributed by atoms with van der Waals surface area (Å²) in [5.74, 6) is -1.12. The number of anilines is 1. The van der Waals surface area contributed by atoms with Crippen molar-refractivity contribution in [2.45, 2.75) is 32.1 Å². The molecular formula is C19H21NO5Si. The van der Waals surface area contributed by atoms with Crippen LogP contribution in [0.15, 0.2) is 30.3 Å². The molecule has 0 aliphatic carbocycles. The third-order valence-corrected chi connectivity index (χ3v) is 6.04. The van der Waals surface area contributed by atoms with Gasteiger partial charge in [0.1, 0.15) is 17.1 Å². The molecule has 1 aliphatic heterocycles. The van der Waals surface area contributed by atoms with E-state index in [1.807, 2.05) is 0 Å². The van der Waals surface area contributed by atoms with E-state index in [9.17, 15) is 14.7 Å². The first-order valence-electron chi connectivity index (χ1n) is 8.37. The van der Waals surface area contributed by atoms with Crippen molar-refractivity contribution >= 4 is 25.6 Å². The van der Waals surface area contributed by atoms with Gasteiger partial charge in [0.15, 0.2) is 5.75 Å². The minimum Gasteiger partial charge on any atom is -0.507 e. The summed E-state index contributed by atoms with van der Waals surface area (Å²) in [5.41, 5.74) is 1.08. The topological polar surface area (TPSA) is 95.9 Å². The summed E-state index contributed by atoms with van der Waals surface area (Å²) >= 11 is 0. The maximum Gasteiger partial charge on any atom is 0.335 e. The van der Waals surface area contributed by atoms with Crippen molar-refractivity contribution in [2.24, 2.45) is 0 Å². The van der Waals surface area contributed by atoms with Crippen LogP contribution in [0.4, 0.5) is 5.69 Å². The van der Waals surface area contributed by atoms with Gasteiger partial charge in [-0.05, 0) is 36.2 Å². The van der Waals surface area contributed by atoms with Crippen molar-refractivity contribution in [3.8, 4) is 17.2 Å². The molecule has 0 saturated carbocycles. The third-order valence-electron chi connectivity index (χ3n) is 4.29. The molecule has 1 aliphatic rings. The molecular weight excluding hydrogens is 350 g/mol. The van der Waals surface area contributed by atoms with E-state index in [1.54, 1.807) is 12.1 Å². The average molecular weight is 371 g/mol. The summed E-state index contributed by atoms with van der Waals surface area (Å²) in [4.78, 5) is 23.8. The molecule has 3 rings (SSSR count). The van der Waals surface area contributed by atoms with Crippen LogP contribution in [0.2, 0.25) is 25.7 Å². The number of carbonyl (C=O) groups excluding carboxylic acids is 1. The highest BCUT2D eigenvalue weighted by Gasteiger charge is 2.27. The van der Waals surface area contributed by atoms with E-state index in [-0.39, 0.29) is 28.3 Å². The molecule has 1 amide bonds. The van der Waals surface area contributed by atoms with Gasteiger partial charge in [0.25, 0.3) is 5.91 Å². The fourth-order valence-corrected chi connectivity index (χ4v) is 3.80. The monoisotopic (exact) mass is 371 g/mol. The molecule has 0 bridgehead atoms. The lowest BCUT2D eigenvalue weighted by atomic mass is 10.0. The van der Waals surface area contributed by atoms with E-state index in [4.69, 9.17) is 9.84 Å². The largest absolute Gasteiger partial charge is 0.507 e. The SMILES string of the molecule is C[Si](C)(C)CCc1ccc2c(c1O)C(=O)Nc1cc(C(=O)O)ccc1O2. The van der Waals surface area contributed by atoms with Crippen LogP contribution in [-0.4, -0.2) is 30.2 Å². The molecule has 2 aromatic rings. The van der Waals surface area contributed by atoms with E-state index in [0.717, 1.165) is 6.04 Å². The number of hydrogen-bond donors (Lipinski definition) is 3. The standard InChI is InChI=1S/C19H21NO5Si/c1-26(2,3)9-8-11-4-7-15-16(17(11)21)18(22)20-13-10-12(19(23)24)5-6-14(13)25-15/h4-7,10,21H,8-9H2,1-3H3,(H,20,22)(H,23,24). The number of carboxylic acids is 1. The summed E-state index contributed by atoms with van der Waals surface area (Å²) < 4.78 is 5.76. The number of nitrogens with one attached hydrogen (secondary N) is 1. The van der Waals surface area contributed by atoms with Crippen LogP contribution in [0.25, 0.3) is 0 Å². The van der Waals surface area contributed by atoms with Crippen molar-refractivity contribution in [1.29, 1.82) is 0 Å². The number of rotatable bonds is 4. The second kappa shape index (κ2) is 6.49. The summed E-state index contributed by atoms with van der Waals surface area (Å²) in [6.45, 7) is 6.75. The number of benzene rings is 2. The lowest BCUT2D eigenvalue weighted by Gasteiger charge is -2.17. The number of carbonyl (C=O) groups is 2. The van der Waals surface area contributed by atoms with Gasteiger partial charge in [-0.3, -0.25) is 4.79 Å². The molecule has 0 radical (unpaired) electrons. The zero-order valence-electron chi connectivity index (χ0n) is 14.9. The maximum absolute atomic E-state index is 12.6. The van der Waals surface area contributed by atoms with Gasteiger partial charge >= 0.3 is 5.97 Å². The Bertz CT molecular complexity index is 902. The number of fused-ring (bicyclic) bond motifs is 2. The minimum atomic E-state index is -1.29. The van der Waals surface area contributed by atoms with E-state index in [1.165, 1.54) is 18.2 Å². The minimum absolute atomic E-state index is 0.0404. The highest BCUT2D eigenvalue weighted by atomic mass is 28.3. The lowest BCUT2D eigenvalue weighted by Crippen LogP contribution is -2.20. The van der Waals surface area contributed by atoms with Crippen LogP contribution in [0, 0.1) is 0 Å². The van der Waals surface area contributed by atoms with Crippen molar-refractivity contribution in [1.82, 2.24) is 0 Å². The Hall–Kier alpha value is -2.80. The first-order chi connectivity index (χ1) is 12.2. The Labute approximate surface area is 152 Å². The summed E-state index contributed by atoms with van der Waals surface area (Å²) in [6, 6.07) is 8.67. The van der Waals surface area contributed by atoms with Crippen LogP contribution >= 0.6 is 0 Å². The van der Waals surface area contributed by atoms with Crippen molar-refractivity contribution in [3.05, 3.63) is 47.0 Å². The Morgan fingerprint density at radius 1 is 1.15 bits per heavy atom. The molecule has 0 fully saturated rings. The number of ether oxygens (including phenoxy) is 1. The van der Waals surface area contributed by atoms with Gasteiger partial charge in [-0.25, -0.2) is 4.79 Å². The van der Waals surface area contributed by atoms with Crippen LogP contribution in [-0.2, 0) is 6.42 Å². The molecule has 6 nitrogen and oxygen atoms in total. The Kier molecular flexibility index (Phi) is 4.49. The summed E-state index contributed by atoms with van der Waals surface area (Å²) in [5, 5.41) is 22.4. The van der Waals surface area contributed by atoms with Crippen molar-refractivity contribution in [2.75, 3.05) is 5.32 Å². The smallest absolute Gasteiger partial charge is 0.335 e. The first kappa shape index (κ1) is 18.0. The number of phenols is 1. The van der Waals surface area contributed by atoms with E-state index in [2.05, 4.69) is 25.0 Å². The fourth-order valence-electron chi connectivity index (χ4n) is 2.78. The normalized spacial score (nSPS) is 13.1. The predicted octanol–water partition coefficient (Wildman–Crippen LogP) is 4.33. The molecule has 0 atom stereocenters. The van der Waals surface area contributed by atoms with Crippen LogP contribution < -0.4 is 10.1 Å². The van der Waals surface area contributed by atoms with Gasteiger partial charge in [-0.1, -0.05) is 31.8 Å². The second-order valence-electron chi connectivity index (χ2n) is 7.58. The molecule has 0 saturated heterocycles. The lowest BCUT2D eigenvalue weighted by molar-refractivity contribution is 0.0696. The molecule has 26 heavy (non-hydrogen) atoms. The summed E-state index contributed by atoms with van der Waals surface area (Å²) in [7, 11) is -1.29. The van der Waals surface area contributed by atoms with Gasteiger partial charge in [-0.2, -0.15) is 0 Å². The molecule has 0 aromatic heterocycles. The van der Waals surface area contributed by atoms with Crippen LogP contribution in [0.3, 0.4) is 0 Å². The van der Waals surface area contributed by atoms with Gasteiger partial charge in [-0.15, -0.1) is 0 Å². The van der Waals surface area contributed by atoms with E-state index in [0.29, 0.717) is 17.7 Å². The highest BCUT2D eigenvalue weighted by molar-refractivity contribution is 6.76. The van der Waals surface area contributed by atoms with Crippen LogP contribution in [0.5, 0.6) is 17.2 Å². The van der Waals surface area contributed by atoms with Gasteiger partial charge in [0.05, 0.1) is 11.3 Å². The van der Waals surface area contributed by atoms with Gasteiger partial charge in [0.2, 0.25) is 0 Å². The molecule has 136 valence electrons. The highest BCUT2D eigenvalue weighted by Crippen LogP contribution is 2.41. The maximum atomic E-state index is 12.6. The number of carboxylic acid groups (broad SMARTS) is 1. The van der Waals surface area contributed by atoms with Gasteiger partial charge < -0.3 is 20.3 Å². The van der Waals surface area contributed by atoms with E-state index < -0.39 is 20.0 Å². The summed E-state index contributed by atoms with van der Waals surface area (Å²) in [6.07, 6.45) is 0.693. The van der Waals surface area contributed by atoms with Gasteiger partial charge in [0, 0.05) is 8.07 Å². The average Bonchev–Trinajstić information content (AvgIpc) is 2.68. The first-order valence-corrected chi connectivity index (χ1v) is 12.1. The molecule has 0 spiro atoms. The number of aromatic carboxylic acids is 1. The number of hydrogen-bond acceptors (Lipinski definition) is 4. The molecule has 2 aromatic carbocycles. The Balaban J connectivity index is 1.98. The van der Waals surface area contributed by atoms with E-state index >= 15 is 0 Å². The second-order valence-corrected chi connectivity index (χ2v) is 13.2. The molecule has 7 heteroatoms. The van der Waals surface area contributed by atoms with Crippen LogP contribution in [0.1, 0.15) is 26.3 Å². The van der Waals surface area contributed by atoms with Crippen molar-refractivity contribution < 1.29 is 24.5 Å². The predicted molar refractivity (Wildman–Crippen MR) is 101 cm³/mol. The number of phenolic OH excluding ortho intramolecular Hbond substituents is 1. The van der Waals surface area contributed by atoms with Crippen molar-refractivity contribution in [3.63, 3.8) is 0 Å². The number of amides is 1. The molecule has 0 unspecified atom stereocenters. The number of aryl methyl sites for hydroxylation is 1. The fraction of sp³-hybridized carbons (Fsp3) is 0.263. The number of aromatic hydroxyl groups is 1. The Morgan fingerprint density at radius 2 is 1.85 bits per heavy atom. The molecule has 3 N–H and O–H groups in total. The Morgan fingerprint density at radius 3 is 2.50 bits per heavy atom. The zero-order valence-corrected chi connectivity index (χ0v) is 15.9.